The van der Waals surface area contributed by atoms with E-state index in [9.17, 15) is 13.2 Å². The average molecular weight is 367 g/mol. The lowest BCUT2D eigenvalue weighted by Gasteiger charge is -2.33. The van der Waals surface area contributed by atoms with Gasteiger partial charge in [0.05, 0.1) is 18.3 Å². The molecule has 7 heteroatoms. The van der Waals surface area contributed by atoms with Crippen molar-refractivity contribution in [1.82, 2.24) is 9.88 Å². The molecule has 0 amide bonds. The Balaban J connectivity index is 1.69. The van der Waals surface area contributed by atoms with Crippen LogP contribution >= 0.6 is 0 Å². The van der Waals surface area contributed by atoms with E-state index in [0.29, 0.717) is 12.0 Å². The molecule has 26 heavy (non-hydrogen) atoms. The Morgan fingerprint density at radius 3 is 2.58 bits per heavy atom. The minimum atomic E-state index is -4.33. The van der Waals surface area contributed by atoms with Crippen molar-refractivity contribution in [3.8, 4) is 0 Å². The first-order valence-electron chi connectivity index (χ1n) is 8.82. The van der Waals surface area contributed by atoms with Gasteiger partial charge in [-0.1, -0.05) is 6.07 Å². The van der Waals surface area contributed by atoms with Crippen LogP contribution in [-0.2, 0) is 10.9 Å². The summed E-state index contributed by atoms with van der Waals surface area (Å²) in [4.78, 5) is 8.66. The van der Waals surface area contributed by atoms with Gasteiger partial charge in [0.15, 0.2) is 0 Å². The highest BCUT2D eigenvalue weighted by atomic mass is 19.4. The van der Waals surface area contributed by atoms with Crippen LogP contribution in [0.25, 0.3) is 10.8 Å². The number of anilines is 1. The van der Waals surface area contributed by atoms with Gasteiger partial charge in [0.25, 0.3) is 0 Å². The van der Waals surface area contributed by atoms with E-state index in [1.165, 1.54) is 12.1 Å². The van der Waals surface area contributed by atoms with Gasteiger partial charge in [-0.25, -0.2) is 4.98 Å². The molecule has 0 saturated carbocycles. The fourth-order valence-corrected chi connectivity index (χ4v) is 3.23. The Labute approximate surface area is 151 Å². The van der Waals surface area contributed by atoms with Gasteiger partial charge < -0.3 is 14.5 Å². The van der Waals surface area contributed by atoms with E-state index in [1.807, 2.05) is 14.1 Å². The highest BCUT2D eigenvalue weighted by molar-refractivity contribution is 5.92. The maximum absolute atomic E-state index is 12.9. The quantitative estimate of drug-likeness (QED) is 0.804. The molecule has 2 aromatic rings. The van der Waals surface area contributed by atoms with Crippen molar-refractivity contribution >= 4 is 16.6 Å². The minimum Gasteiger partial charge on any atom is -0.377 e. The maximum Gasteiger partial charge on any atom is 0.416 e. The first-order chi connectivity index (χ1) is 12.3. The van der Waals surface area contributed by atoms with E-state index >= 15 is 0 Å². The number of likely N-dealkylation sites (N-methyl/N-ethyl adjacent to an activating group) is 1. The molecule has 0 unspecified atom stereocenters. The van der Waals surface area contributed by atoms with Gasteiger partial charge in [0.2, 0.25) is 0 Å². The predicted molar refractivity (Wildman–Crippen MR) is 96.5 cm³/mol. The van der Waals surface area contributed by atoms with E-state index in [0.717, 1.165) is 49.7 Å². The van der Waals surface area contributed by atoms with Gasteiger partial charge in [0, 0.05) is 31.2 Å². The largest absolute Gasteiger partial charge is 0.416 e. The number of piperidine rings is 1. The highest BCUT2D eigenvalue weighted by Gasteiger charge is 2.31. The predicted octanol–water partition coefficient (Wildman–Crippen LogP) is 3.80. The van der Waals surface area contributed by atoms with E-state index in [4.69, 9.17) is 4.74 Å². The van der Waals surface area contributed by atoms with E-state index in [-0.39, 0.29) is 6.10 Å². The van der Waals surface area contributed by atoms with Gasteiger partial charge in [0.1, 0.15) is 5.82 Å². The molecule has 1 fully saturated rings. The van der Waals surface area contributed by atoms with E-state index in [2.05, 4.69) is 14.8 Å². The lowest BCUT2D eigenvalue weighted by atomic mass is 10.0. The van der Waals surface area contributed by atoms with Crippen LogP contribution in [0.5, 0.6) is 0 Å². The first kappa shape index (κ1) is 18.9. The van der Waals surface area contributed by atoms with E-state index in [1.54, 1.807) is 12.3 Å². The Bertz CT molecular complexity index is 740. The van der Waals surface area contributed by atoms with Gasteiger partial charge in [-0.15, -0.1) is 0 Å². The van der Waals surface area contributed by atoms with Gasteiger partial charge >= 0.3 is 6.18 Å². The van der Waals surface area contributed by atoms with Crippen LogP contribution < -0.4 is 4.90 Å². The summed E-state index contributed by atoms with van der Waals surface area (Å²) in [6.07, 6.45) is -0.728. The van der Waals surface area contributed by atoms with Crippen molar-refractivity contribution in [1.29, 1.82) is 0 Å². The molecule has 1 aliphatic heterocycles. The zero-order valence-electron chi connectivity index (χ0n) is 15.1. The smallest absolute Gasteiger partial charge is 0.377 e. The monoisotopic (exact) mass is 367 g/mol. The zero-order chi connectivity index (χ0) is 18.7. The molecule has 142 valence electrons. The Kier molecular flexibility index (Phi) is 5.67. The molecule has 0 radical (unpaired) electrons. The number of halogens is 3. The second-order valence-corrected chi connectivity index (χ2v) is 6.93. The molecule has 1 aromatic heterocycles. The Morgan fingerprint density at radius 2 is 1.92 bits per heavy atom. The van der Waals surface area contributed by atoms with Gasteiger partial charge in [-0.3, -0.25) is 0 Å². The summed E-state index contributed by atoms with van der Waals surface area (Å²) in [7, 11) is 4.03. The number of aromatic nitrogens is 1. The number of hydrogen-bond donors (Lipinski definition) is 0. The summed E-state index contributed by atoms with van der Waals surface area (Å²) >= 11 is 0. The second-order valence-electron chi connectivity index (χ2n) is 6.93. The third kappa shape index (κ3) is 4.45. The molecule has 0 spiro atoms. The normalized spacial score (nSPS) is 16.6. The Hall–Kier alpha value is -1.86. The second kappa shape index (κ2) is 7.80. The van der Waals surface area contributed by atoms with Crippen molar-refractivity contribution in [3.63, 3.8) is 0 Å². The lowest BCUT2D eigenvalue weighted by Crippen LogP contribution is -2.38. The molecule has 0 aliphatic carbocycles. The fraction of sp³-hybridized carbons (Fsp3) is 0.526. The molecule has 1 aromatic carbocycles. The van der Waals surface area contributed by atoms with Crippen molar-refractivity contribution in [2.45, 2.75) is 25.1 Å². The van der Waals surface area contributed by atoms with Crippen molar-refractivity contribution in [3.05, 3.63) is 36.0 Å². The van der Waals surface area contributed by atoms with Crippen LogP contribution in [0, 0.1) is 0 Å². The van der Waals surface area contributed by atoms with Crippen LogP contribution in [0.2, 0.25) is 0 Å². The lowest BCUT2D eigenvalue weighted by molar-refractivity contribution is -0.137. The first-order valence-corrected chi connectivity index (χ1v) is 8.82. The van der Waals surface area contributed by atoms with Crippen LogP contribution in [0.15, 0.2) is 30.5 Å². The SMILES string of the molecule is CN(C)CCOC1CCN(c2nccc3cc(C(F)(F)F)ccc23)CC1. The summed E-state index contributed by atoms with van der Waals surface area (Å²) in [5.41, 5.74) is -0.629. The number of hydrogen-bond acceptors (Lipinski definition) is 4. The molecular weight excluding hydrogens is 343 g/mol. The van der Waals surface area contributed by atoms with E-state index < -0.39 is 11.7 Å². The molecule has 4 nitrogen and oxygen atoms in total. The Morgan fingerprint density at radius 1 is 1.19 bits per heavy atom. The van der Waals surface area contributed by atoms with Crippen molar-refractivity contribution < 1.29 is 17.9 Å². The van der Waals surface area contributed by atoms with Crippen LogP contribution in [-0.4, -0.2) is 56.3 Å². The summed E-state index contributed by atoms with van der Waals surface area (Å²) in [5, 5.41) is 1.32. The molecule has 1 aliphatic rings. The van der Waals surface area contributed by atoms with Crippen molar-refractivity contribution in [2.75, 3.05) is 45.2 Å². The van der Waals surface area contributed by atoms with Gasteiger partial charge in [-0.05, 0) is 50.5 Å². The van der Waals surface area contributed by atoms with Crippen LogP contribution in [0.3, 0.4) is 0 Å². The van der Waals surface area contributed by atoms with Crippen molar-refractivity contribution in [2.24, 2.45) is 0 Å². The molecule has 1 saturated heterocycles. The number of nitrogens with zero attached hydrogens (tertiary/aromatic N) is 3. The summed E-state index contributed by atoms with van der Waals surface area (Å²) < 4.78 is 44.7. The summed E-state index contributed by atoms with van der Waals surface area (Å²) in [6.45, 7) is 3.19. The molecule has 3 rings (SSSR count). The number of pyridine rings is 1. The molecule has 0 N–H and O–H groups in total. The summed E-state index contributed by atoms with van der Waals surface area (Å²) in [6, 6.07) is 5.48. The highest BCUT2D eigenvalue weighted by Crippen LogP contribution is 2.34. The zero-order valence-corrected chi connectivity index (χ0v) is 15.1. The maximum atomic E-state index is 12.9. The number of fused-ring (bicyclic) bond motifs is 1. The number of rotatable bonds is 5. The minimum absolute atomic E-state index is 0.234. The fourth-order valence-electron chi connectivity index (χ4n) is 3.23. The molecule has 0 atom stereocenters. The van der Waals surface area contributed by atoms with Crippen LogP contribution in [0.1, 0.15) is 18.4 Å². The standard InChI is InChI=1S/C19H24F3N3O/c1-24(2)11-12-26-16-6-9-25(10-7-16)18-17-4-3-15(19(20,21)22)13-14(17)5-8-23-18/h3-5,8,13,16H,6-7,9-12H2,1-2H3. The van der Waals surface area contributed by atoms with Gasteiger partial charge in [-0.2, -0.15) is 13.2 Å². The average Bonchev–Trinajstić information content (AvgIpc) is 2.60. The topological polar surface area (TPSA) is 28.6 Å². The third-order valence-corrected chi connectivity index (χ3v) is 4.70. The number of alkyl halides is 3. The molecule has 2 heterocycles. The number of ether oxygens (including phenoxy) is 1. The third-order valence-electron chi connectivity index (χ3n) is 4.70. The summed E-state index contributed by atoms with van der Waals surface area (Å²) in [5.74, 6) is 0.753. The molecular formula is C19H24F3N3O. The van der Waals surface area contributed by atoms with Crippen LogP contribution in [0.4, 0.5) is 19.0 Å². The number of benzene rings is 1. The molecule has 0 bridgehead atoms.